The van der Waals surface area contributed by atoms with E-state index < -0.39 is 10.0 Å². The minimum atomic E-state index is -3.37. The zero-order chi connectivity index (χ0) is 13.3. The highest BCUT2D eigenvalue weighted by Crippen LogP contribution is 2.27. The van der Waals surface area contributed by atoms with Crippen LogP contribution in [0.2, 0.25) is 0 Å². The number of fused-ring (bicyclic) bond motifs is 1. The normalized spacial score (nSPS) is 22.2. The summed E-state index contributed by atoms with van der Waals surface area (Å²) >= 11 is 1.86. The molecule has 19 heavy (non-hydrogen) atoms. The van der Waals surface area contributed by atoms with Crippen LogP contribution in [0.3, 0.4) is 0 Å². The first-order valence-corrected chi connectivity index (χ1v) is 9.16. The van der Waals surface area contributed by atoms with Crippen LogP contribution in [0.5, 0.6) is 0 Å². The van der Waals surface area contributed by atoms with Gasteiger partial charge in [0.15, 0.2) is 0 Å². The van der Waals surface area contributed by atoms with Crippen molar-refractivity contribution in [3.8, 4) is 0 Å². The number of sulfonamides is 1. The highest BCUT2D eigenvalue weighted by atomic mass is 32.2. The Bertz CT molecular complexity index is 566. The van der Waals surface area contributed by atoms with Gasteiger partial charge in [-0.1, -0.05) is 6.07 Å². The fourth-order valence-electron chi connectivity index (χ4n) is 2.53. The van der Waals surface area contributed by atoms with Gasteiger partial charge in [0.25, 0.3) is 0 Å². The lowest BCUT2D eigenvalue weighted by atomic mass is 10.2. The van der Waals surface area contributed by atoms with Gasteiger partial charge in [-0.2, -0.15) is 11.8 Å². The summed E-state index contributed by atoms with van der Waals surface area (Å²) in [7, 11) is -3.37. The van der Waals surface area contributed by atoms with Crippen molar-refractivity contribution >= 4 is 27.5 Å². The Hall–Kier alpha value is -0.720. The van der Waals surface area contributed by atoms with Gasteiger partial charge in [-0.15, -0.1) is 0 Å². The number of nitrogens with one attached hydrogen (secondary N) is 2. The molecule has 2 aliphatic rings. The largest absolute Gasteiger partial charge is 0.384 e. The molecule has 0 bridgehead atoms. The maximum atomic E-state index is 12.2. The van der Waals surface area contributed by atoms with Crippen LogP contribution in [0.15, 0.2) is 23.1 Å². The van der Waals surface area contributed by atoms with E-state index in [1.165, 1.54) is 12.0 Å². The van der Waals surface area contributed by atoms with Crippen LogP contribution in [0, 0.1) is 0 Å². The first kappa shape index (κ1) is 13.3. The topological polar surface area (TPSA) is 58.2 Å². The lowest BCUT2D eigenvalue weighted by Crippen LogP contribution is -2.29. The molecule has 104 valence electrons. The van der Waals surface area contributed by atoms with Gasteiger partial charge >= 0.3 is 0 Å². The van der Waals surface area contributed by atoms with E-state index >= 15 is 0 Å². The summed E-state index contributed by atoms with van der Waals surface area (Å²) in [5, 5.41) is 3.65. The predicted octanol–water partition coefficient (Wildman–Crippen LogP) is 1.83. The summed E-state index contributed by atoms with van der Waals surface area (Å²) in [5.41, 5.74) is 2.16. The van der Waals surface area contributed by atoms with Crippen molar-refractivity contribution in [1.82, 2.24) is 4.72 Å². The molecule has 0 aromatic heterocycles. The van der Waals surface area contributed by atoms with Crippen LogP contribution < -0.4 is 10.0 Å². The van der Waals surface area contributed by atoms with Gasteiger partial charge in [0.05, 0.1) is 4.90 Å². The van der Waals surface area contributed by atoms with Crippen molar-refractivity contribution in [2.45, 2.75) is 29.4 Å². The molecule has 4 nitrogen and oxygen atoms in total. The molecule has 1 atom stereocenters. The highest BCUT2D eigenvalue weighted by Gasteiger charge is 2.21. The Balaban J connectivity index is 1.72. The van der Waals surface area contributed by atoms with Crippen LogP contribution in [0.25, 0.3) is 0 Å². The molecule has 2 heterocycles. The van der Waals surface area contributed by atoms with Gasteiger partial charge in [-0.25, -0.2) is 13.1 Å². The van der Waals surface area contributed by atoms with Crippen LogP contribution in [-0.4, -0.2) is 32.5 Å². The van der Waals surface area contributed by atoms with Gasteiger partial charge in [0, 0.05) is 24.0 Å². The molecular formula is C13H18N2O2S2. The molecule has 3 rings (SSSR count). The summed E-state index contributed by atoms with van der Waals surface area (Å²) in [5.74, 6) is 1.15. The van der Waals surface area contributed by atoms with Crippen LogP contribution in [-0.2, 0) is 16.4 Å². The van der Waals surface area contributed by atoms with Crippen molar-refractivity contribution in [2.24, 2.45) is 0 Å². The monoisotopic (exact) mass is 298 g/mol. The van der Waals surface area contributed by atoms with Crippen LogP contribution in [0.1, 0.15) is 18.4 Å². The van der Waals surface area contributed by atoms with Gasteiger partial charge < -0.3 is 5.32 Å². The number of anilines is 1. The molecule has 0 amide bonds. The third-order valence-corrected chi connectivity index (χ3v) is 6.45. The third-order valence-electron chi connectivity index (χ3n) is 3.63. The Morgan fingerprint density at radius 1 is 1.42 bits per heavy atom. The molecule has 1 unspecified atom stereocenters. The maximum absolute atomic E-state index is 12.2. The first-order valence-electron chi connectivity index (χ1n) is 6.63. The fourth-order valence-corrected chi connectivity index (χ4v) is 4.94. The van der Waals surface area contributed by atoms with E-state index in [0.717, 1.165) is 30.8 Å². The molecule has 0 spiro atoms. The molecule has 1 fully saturated rings. The molecule has 0 radical (unpaired) electrons. The van der Waals surface area contributed by atoms with E-state index in [-0.39, 0.29) is 0 Å². The zero-order valence-electron chi connectivity index (χ0n) is 10.7. The Labute approximate surface area is 118 Å². The Morgan fingerprint density at radius 2 is 2.32 bits per heavy atom. The van der Waals surface area contributed by atoms with E-state index in [1.54, 1.807) is 12.1 Å². The van der Waals surface area contributed by atoms with E-state index in [2.05, 4.69) is 10.0 Å². The zero-order valence-corrected chi connectivity index (χ0v) is 12.3. The molecule has 6 heteroatoms. The average Bonchev–Trinajstić information content (AvgIpc) is 3.06. The summed E-state index contributed by atoms with van der Waals surface area (Å²) in [6.07, 6.45) is 3.28. The smallest absolute Gasteiger partial charge is 0.240 e. The van der Waals surface area contributed by atoms with Crippen LogP contribution in [0.4, 0.5) is 5.69 Å². The average molecular weight is 298 g/mol. The molecule has 1 saturated heterocycles. The first-order chi connectivity index (χ1) is 9.15. The van der Waals surface area contributed by atoms with Crippen molar-refractivity contribution in [2.75, 3.05) is 24.2 Å². The minimum absolute atomic E-state index is 0.364. The van der Waals surface area contributed by atoms with Gasteiger partial charge in [0.1, 0.15) is 0 Å². The molecule has 1 aromatic rings. The van der Waals surface area contributed by atoms with E-state index in [1.807, 2.05) is 17.8 Å². The molecule has 1 aromatic carbocycles. The SMILES string of the molecule is O=S(=O)(NCC1CCCS1)c1ccc2c(c1)NCC2. The van der Waals surface area contributed by atoms with Crippen molar-refractivity contribution < 1.29 is 8.42 Å². The lowest BCUT2D eigenvalue weighted by molar-refractivity contribution is 0.579. The molecule has 2 N–H and O–H groups in total. The Kier molecular flexibility index (Phi) is 3.73. The second-order valence-electron chi connectivity index (χ2n) is 4.98. The third kappa shape index (κ3) is 2.90. The number of thioether (sulfide) groups is 1. The summed E-state index contributed by atoms with van der Waals surface area (Å²) in [4.78, 5) is 0.364. The van der Waals surface area contributed by atoms with Gasteiger partial charge in [0.2, 0.25) is 10.0 Å². The van der Waals surface area contributed by atoms with Crippen molar-refractivity contribution in [1.29, 1.82) is 0 Å². The summed E-state index contributed by atoms with van der Waals surface area (Å²) in [6, 6.07) is 5.36. The lowest BCUT2D eigenvalue weighted by Gasteiger charge is -2.11. The van der Waals surface area contributed by atoms with Crippen molar-refractivity contribution in [3.05, 3.63) is 23.8 Å². The molecule has 2 aliphatic heterocycles. The van der Waals surface area contributed by atoms with E-state index in [9.17, 15) is 8.42 Å². The van der Waals surface area contributed by atoms with Gasteiger partial charge in [-0.05, 0) is 42.7 Å². The standard InChI is InChI=1S/C13H18N2O2S2/c16-19(17,15-9-11-2-1-7-18-11)12-4-3-10-5-6-14-13(10)8-12/h3-4,8,11,14-15H,1-2,5-7,9H2. The second kappa shape index (κ2) is 5.34. The van der Waals surface area contributed by atoms with Crippen molar-refractivity contribution in [3.63, 3.8) is 0 Å². The maximum Gasteiger partial charge on any atom is 0.240 e. The number of hydrogen-bond acceptors (Lipinski definition) is 4. The second-order valence-corrected chi connectivity index (χ2v) is 8.16. The minimum Gasteiger partial charge on any atom is -0.384 e. The van der Waals surface area contributed by atoms with E-state index in [0.29, 0.717) is 16.7 Å². The predicted molar refractivity (Wildman–Crippen MR) is 79.3 cm³/mol. The highest BCUT2D eigenvalue weighted by molar-refractivity contribution is 8.00. The number of benzene rings is 1. The fraction of sp³-hybridized carbons (Fsp3) is 0.538. The quantitative estimate of drug-likeness (QED) is 0.890. The molecule has 0 saturated carbocycles. The Morgan fingerprint density at radius 3 is 3.11 bits per heavy atom. The number of hydrogen-bond donors (Lipinski definition) is 2. The van der Waals surface area contributed by atoms with Crippen LogP contribution >= 0.6 is 11.8 Å². The molecule has 0 aliphatic carbocycles. The van der Waals surface area contributed by atoms with Gasteiger partial charge in [-0.3, -0.25) is 0 Å². The summed E-state index contributed by atoms with van der Waals surface area (Å²) in [6.45, 7) is 1.43. The molecular weight excluding hydrogens is 280 g/mol. The summed E-state index contributed by atoms with van der Waals surface area (Å²) < 4.78 is 27.2. The van der Waals surface area contributed by atoms with E-state index in [4.69, 9.17) is 0 Å². The number of rotatable bonds is 4.